The van der Waals surface area contributed by atoms with Crippen molar-refractivity contribution in [3.05, 3.63) is 23.9 Å². The van der Waals surface area contributed by atoms with E-state index in [1.165, 1.54) is 6.42 Å². The summed E-state index contributed by atoms with van der Waals surface area (Å²) in [6.45, 7) is 2.31. The Morgan fingerprint density at radius 3 is 2.67 bits per heavy atom. The van der Waals surface area contributed by atoms with E-state index in [1.54, 1.807) is 6.20 Å². The minimum atomic E-state index is 0.0767. The number of anilines is 1. The minimum Gasteiger partial charge on any atom is -0.392 e. The van der Waals surface area contributed by atoms with Crippen molar-refractivity contribution in [2.24, 2.45) is 0 Å². The van der Waals surface area contributed by atoms with E-state index in [4.69, 9.17) is 5.11 Å². The first-order valence-electron chi connectivity index (χ1n) is 4.21. The molecule has 0 aliphatic carbocycles. The van der Waals surface area contributed by atoms with Crippen LogP contribution in [0, 0.1) is 0 Å². The monoisotopic (exact) mass is 164 g/mol. The van der Waals surface area contributed by atoms with Crippen molar-refractivity contribution in [1.29, 1.82) is 0 Å². The summed E-state index contributed by atoms with van der Waals surface area (Å²) in [5, 5.41) is 8.78. The molecule has 3 heteroatoms. The second-order valence-corrected chi connectivity index (χ2v) is 3.02. The highest BCUT2D eigenvalue weighted by molar-refractivity contribution is 5.41. The Bertz CT molecular complexity index is 254. The Morgan fingerprint density at radius 2 is 2.25 bits per heavy atom. The predicted octanol–water partition coefficient (Wildman–Crippen LogP) is 0.784. The number of rotatable bonds is 2. The molecule has 0 saturated carbocycles. The van der Waals surface area contributed by atoms with Crippen LogP contribution in [0.5, 0.6) is 0 Å². The second kappa shape index (κ2) is 3.11. The van der Waals surface area contributed by atoms with Gasteiger partial charge >= 0.3 is 0 Å². The Balaban J connectivity index is 2.13. The summed E-state index contributed by atoms with van der Waals surface area (Å²) in [6.07, 6.45) is 3.00. The molecule has 0 spiro atoms. The molecule has 0 radical (unpaired) electrons. The van der Waals surface area contributed by atoms with Crippen molar-refractivity contribution >= 4 is 5.82 Å². The van der Waals surface area contributed by atoms with Gasteiger partial charge in [-0.1, -0.05) is 6.07 Å². The molecule has 2 heterocycles. The second-order valence-electron chi connectivity index (χ2n) is 3.02. The molecule has 1 aromatic rings. The molecule has 64 valence electrons. The summed E-state index contributed by atoms with van der Waals surface area (Å²) in [7, 11) is 0. The summed E-state index contributed by atoms with van der Waals surface area (Å²) in [4.78, 5) is 6.46. The molecule has 3 nitrogen and oxygen atoms in total. The van der Waals surface area contributed by atoms with Gasteiger partial charge < -0.3 is 10.0 Å². The van der Waals surface area contributed by atoms with Crippen LogP contribution in [0.15, 0.2) is 18.3 Å². The third-order valence-corrected chi connectivity index (χ3v) is 2.17. The largest absolute Gasteiger partial charge is 0.392 e. The topological polar surface area (TPSA) is 36.4 Å². The SMILES string of the molecule is OCc1ccc(N2CCC2)nc1. The maximum atomic E-state index is 8.78. The molecule has 0 aromatic carbocycles. The molecule has 0 unspecified atom stereocenters. The molecule has 1 aliphatic rings. The normalized spacial score (nSPS) is 15.9. The standard InChI is InChI=1S/C9H12N2O/c12-7-8-2-3-9(10-6-8)11-4-1-5-11/h2-3,6,12H,1,4-5,7H2. The highest BCUT2D eigenvalue weighted by atomic mass is 16.3. The highest BCUT2D eigenvalue weighted by Crippen LogP contribution is 2.17. The first-order valence-corrected chi connectivity index (χ1v) is 4.21. The van der Waals surface area contributed by atoms with E-state index in [2.05, 4.69) is 9.88 Å². The molecule has 1 saturated heterocycles. The van der Waals surface area contributed by atoms with Gasteiger partial charge in [-0.25, -0.2) is 4.98 Å². The van der Waals surface area contributed by atoms with Crippen LogP contribution in [0.1, 0.15) is 12.0 Å². The molecule has 2 rings (SSSR count). The van der Waals surface area contributed by atoms with E-state index in [-0.39, 0.29) is 6.61 Å². The van der Waals surface area contributed by atoms with Crippen LogP contribution in [0.4, 0.5) is 5.82 Å². The maximum Gasteiger partial charge on any atom is 0.128 e. The van der Waals surface area contributed by atoms with Crippen LogP contribution in [0.25, 0.3) is 0 Å². The first kappa shape index (κ1) is 7.55. The van der Waals surface area contributed by atoms with Crippen LogP contribution in [0.2, 0.25) is 0 Å². The van der Waals surface area contributed by atoms with E-state index in [9.17, 15) is 0 Å². The quantitative estimate of drug-likeness (QED) is 0.701. The lowest BCUT2D eigenvalue weighted by Crippen LogP contribution is -2.37. The molecule has 1 fully saturated rings. The average Bonchev–Trinajstić information content (AvgIpc) is 2.03. The number of hydrogen-bond donors (Lipinski definition) is 1. The lowest BCUT2D eigenvalue weighted by molar-refractivity contribution is 0.281. The predicted molar refractivity (Wildman–Crippen MR) is 47.0 cm³/mol. The molecular formula is C9H12N2O. The molecule has 1 aromatic heterocycles. The fraction of sp³-hybridized carbons (Fsp3) is 0.444. The average molecular weight is 164 g/mol. The van der Waals surface area contributed by atoms with Gasteiger partial charge in [0.15, 0.2) is 0 Å². The third kappa shape index (κ3) is 1.28. The van der Waals surface area contributed by atoms with E-state index in [0.717, 1.165) is 24.5 Å². The van der Waals surface area contributed by atoms with E-state index in [0.29, 0.717) is 0 Å². The Morgan fingerprint density at radius 1 is 1.42 bits per heavy atom. The summed E-state index contributed by atoms with van der Waals surface area (Å²) in [6, 6.07) is 3.88. The van der Waals surface area contributed by atoms with Crippen LogP contribution in [-0.4, -0.2) is 23.2 Å². The van der Waals surface area contributed by atoms with Gasteiger partial charge in [-0.15, -0.1) is 0 Å². The zero-order chi connectivity index (χ0) is 8.39. The van der Waals surface area contributed by atoms with Gasteiger partial charge in [0, 0.05) is 19.3 Å². The lowest BCUT2D eigenvalue weighted by atomic mass is 10.2. The Kier molecular flexibility index (Phi) is 1.96. The van der Waals surface area contributed by atoms with E-state index in [1.807, 2.05) is 12.1 Å². The minimum absolute atomic E-state index is 0.0767. The van der Waals surface area contributed by atoms with Gasteiger partial charge in [0.1, 0.15) is 5.82 Å². The molecule has 1 aliphatic heterocycles. The Hall–Kier alpha value is -1.09. The smallest absolute Gasteiger partial charge is 0.128 e. The summed E-state index contributed by atoms with van der Waals surface area (Å²) < 4.78 is 0. The van der Waals surface area contributed by atoms with Crippen LogP contribution in [0.3, 0.4) is 0 Å². The van der Waals surface area contributed by atoms with Gasteiger partial charge in [-0.3, -0.25) is 0 Å². The van der Waals surface area contributed by atoms with Crippen molar-refractivity contribution < 1.29 is 5.11 Å². The number of nitrogens with zero attached hydrogens (tertiary/aromatic N) is 2. The first-order chi connectivity index (χ1) is 5.90. The van der Waals surface area contributed by atoms with Gasteiger partial charge in [-0.05, 0) is 18.1 Å². The molecular weight excluding hydrogens is 152 g/mol. The van der Waals surface area contributed by atoms with Gasteiger partial charge in [0.25, 0.3) is 0 Å². The zero-order valence-electron chi connectivity index (χ0n) is 6.90. The van der Waals surface area contributed by atoms with Gasteiger partial charge in [0.05, 0.1) is 6.61 Å². The fourth-order valence-corrected chi connectivity index (χ4v) is 1.24. The summed E-state index contributed by atoms with van der Waals surface area (Å²) >= 11 is 0. The van der Waals surface area contributed by atoms with Crippen molar-refractivity contribution in [3.8, 4) is 0 Å². The molecule has 0 amide bonds. The van der Waals surface area contributed by atoms with Crippen molar-refractivity contribution in [2.75, 3.05) is 18.0 Å². The van der Waals surface area contributed by atoms with Crippen LogP contribution < -0.4 is 4.90 Å². The van der Waals surface area contributed by atoms with Crippen LogP contribution in [-0.2, 0) is 6.61 Å². The van der Waals surface area contributed by atoms with Crippen LogP contribution >= 0.6 is 0 Å². The summed E-state index contributed by atoms with van der Waals surface area (Å²) in [5.41, 5.74) is 0.874. The number of aromatic nitrogens is 1. The number of pyridine rings is 1. The van der Waals surface area contributed by atoms with Crippen molar-refractivity contribution in [3.63, 3.8) is 0 Å². The molecule has 0 bridgehead atoms. The number of aliphatic hydroxyl groups is 1. The van der Waals surface area contributed by atoms with Crippen molar-refractivity contribution in [1.82, 2.24) is 4.98 Å². The van der Waals surface area contributed by atoms with Gasteiger partial charge in [0.2, 0.25) is 0 Å². The number of hydrogen-bond acceptors (Lipinski definition) is 3. The van der Waals surface area contributed by atoms with E-state index < -0.39 is 0 Å². The third-order valence-electron chi connectivity index (χ3n) is 2.17. The van der Waals surface area contributed by atoms with Crippen molar-refractivity contribution in [2.45, 2.75) is 13.0 Å². The fourth-order valence-electron chi connectivity index (χ4n) is 1.24. The molecule has 0 atom stereocenters. The van der Waals surface area contributed by atoms with Gasteiger partial charge in [-0.2, -0.15) is 0 Å². The van der Waals surface area contributed by atoms with E-state index >= 15 is 0 Å². The lowest BCUT2D eigenvalue weighted by Gasteiger charge is -2.31. The number of aliphatic hydroxyl groups excluding tert-OH is 1. The maximum absolute atomic E-state index is 8.78. The zero-order valence-corrected chi connectivity index (χ0v) is 6.90. The molecule has 1 N–H and O–H groups in total. The highest BCUT2D eigenvalue weighted by Gasteiger charge is 2.14. The molecule has 12 heavy (non-hydrogen) atoms. The Labute approximate surface area is 71.7 Å². The summed E-state index contributed by atoms with van der Waals surface area (Å²) in [5.74, 6) is 1.03.